The van der Waals surface area contributed by atoms with E-state index in [0.717, 1.165) is 31.4 Å². The van der Waals surface area contributed by atoms with Gasteiger partial charge in [-0.2, -0.15) is 0 Å². The molecule has 0 N–H and O–H groups in total. The van der Waals surface area contributed by atoms with E-state index in [9.17, 15) is 4.79 Å². The van der Waals surface area contributed by atoms with Crippen molar-refractivity contribution in [2.24, 2.45) is 0 Å². The van der Waals surface area contributed by atoms with Gasteiger partial charge >= 0.3 is 13.2 Å². The maximum Gasteiger partial charge on any atom is 0.494 e. The van der Waals surface area contributed by atoms with Gasteiger partial charge in [0.1, 0.15) is 6.10 Å². The molecule has 3 rings (SSSR count). The summed E-state index contributed by atoms with van der Waals surface area (Å²) in [6, 6.07) is 8.39. The number of amides is 1. The fourth-order valence-electron chi connectivity index (χ4n) is 3.30. The number of ether oxygens (including phenoxy) is 1. The van der Waals surface area contributed by atoms with Gasteiger partial charge in [-0.05, 0) is 45.3 Å². The second kappa shape index (κ2) is 7.36. The van der Waals surface area contributed by atoms with Crippen LogP contribution in [0.2, 0.25) is 0 Å². The fraction of sp³-hybridized carbons (Fsp3) is 0.650. The number of carbonyl (C=O) groups is 1. The Morgan fingerprint density at radius 2 is 1.59 bits per heavy atom. The van der Waals surface area contributed by atoms with Crippen molar-refractivity contribution in [3.05, 3.63) is 24.3 Å². The van der Waals surface area contributed by atoms with Gasteiger partial charge in [-0.25, -0.2) is 4.79 Å². The van der Waals surface area contributed by atoms with Crippen LogP contribution in [0.4, 0.5) is 10.5 Å². The summed E-state index contributed by atoms with van der Waals surface area (Å²) in [6.07, 6.45) is 1.43. The van der Waals surface area contributed by atoms with Gasteiger partial charge in [0.05, 0.1) is 11.2 Å². The molecule has 1 aromatic rings. The lowest BCUT2D eigenvalue weighted by Crippen LogP contribution is -2.41. The molecule has 0 bridgehead atoms. The number of carbonyl (C=O) groups excluding carboxylic acids is 1. The summed E-state index contributed by atoms with van der Waals surface area (Å²) in [5.74, 6) is 0. The lowest BCUT2D eigenvalue weighted by Gasteiger charge is -2.33. The Hall–Kier alpha value is -1.73. The van der Waals surface area contributed by atoms with E-state index in [0.29, 0.717) is 0 Å². The summed E-state index contributed by atoms with van der Waals surface area (Å²) in [7, 11) is 3.08. The Morgan fingerprint density at radius 1 is 1.07 bits per heavy atom. The van der Waals surface area contributed by atoms with Crippen molar-refractivity contribution in [1.29, 1.82) is 0 Å². The Bertz CT molecular complexity index is 651. The minimum atomic E-state index is -0.333. The molecule has 27 heavy (non-hydrogen) atoms. The Labute approximate surface area is 162 Å². The monoisotopic (exact) mass is 374 g/mol. The van der Waals surface area contributed by atoms with Gasteiger partial charge in [-0.15, -0.1) is 0 Å². The first-order chi connectivity index (χ1) is 12.6. The molecule has 2 saturated heterocycles. The lowest BCUT2D eigenvalue weighted by molar-refractivity contribution is 0.00578. The van der Waals surface area contributed by atoms with Crippen LogP contribution in [-0.2, 0) is 14.0 Å². The van der Waals surface area contributed by atoms with E-state index >= 15 is 0 Å². The van der Waals surface area contributed by atoms with Crippen molar-refractivity contribution >= 4 is 24.4 Å². The van der Waals surface area contributed by atoms with Crippen LogP contribution in [0.15, 0.2) is 24.3 Å². The molecule has 0 spiro atoms. The molecule has 2 fully saturated rings. The number of hydrogen-bond donors (Lipinski definition) is 0. The van der Waals surface area contributed by atoms with Crippen molar-refractivity contribution < 1.29 is 18.8 Å². The zero-order valence-electron chi connectivity index (χ0n) is 17.3. The van der Waals surface area contributed by atoms with Gasteiger partial charge in [0, 0.05) is 45.7 Å². The molecule has 0 saturated carbocycles. The number of piperidine rings is 1. The highest BCUT2D eigenvalue weighted by Gasteiger charge is 2.51. The summed E-state index contributed by atoms with van der Waals surface area (Å²) in [4.78, 5) is 15.5. The van der Waals surface area contributed by atoms with E-state index in [1.807, 2.05) is 0 Å². The smallest absolute Gasteiger partial charge is 0.446 e. The summed E-state index contributed by atoms with van der Waals surface area (Å²) >= 11 is 0. The molecule has 7 heteroatoms. The number of rotatable bonds is 3. The zero-order valence-corrected chi connectivity index (χ0v) is 17.3. The minimum absolute atomic E-state index is 0.000162. The van der Waals surface area contributed by atoms with Gasteiger partial charge < -0.3 is 23.8 Å². The first kappa shape index (κ1) is 20.0. The zero-order chi connectivity index (χ0) is 19.8. The van der Waals surface area contributed by atoms with Crippen LogP contribution in [0.5, 0.6) is 0 Å². The van der Waals surface area contributed by atoms with Crippen LogP contribution in [-0.4, -0.2) is 62.6 Å². The second-order valence-corrected chi connectivity index (χ2v) is 8.64. The van der Waals surface area contributed by atoms with Crippen molar-refractivity contribution in [2.75, 3.05) is 32.1 Å². The Morgan fingerprint density at radius 3 is 2.07 bits per heavy atom. The average molecular weight is 374 g/mol. The molecule has 1 amide bonds. The average Bonchev–Trinajstić information content (AvgIpc) is 2.83. The fourth-order valence-corrected chi connectivity index (χ4v) is 3.30. The van der Waals surface area contributed by atoms with Crippen LogP contribution >= 0.6 is 0 Å². The molecule has 0 unspecified atom stereocenters. The molecule has 1 aromatic carbocycles. The highest BCUT2D eigenvalue weighted by molar-refractivity contribution is 6.62. The second-order valence-electron chi connectivity index (χ2n) is 8.64. The summed E-state index contributed by atoms with van der Waals surface area (Å²) in [6.45, 7) is 10.0. The SMILES string of the molecule is CN(C)C(=O)OC1CCN(c2ccc(B3OC(C)(C)C(C)(C)O3)cc2)CC1. The molecular formula is C20H31BN2O4. The molecule has 0 aliphatic carbocycles. The topological polar surface area (TPSA) is 51.2 Å². The van der Waals surface area contributed by atoms with Crippen molar-refractivity contribution in [2.45, 2.75) is 57.8 Å². The number of benzene rings is 1. The first-order valence-corrected chi connectivity index (χ1v) is 9.67. The highest BCUT2D eigenvalue weighted by atomic mass is 16.7. The maximum absolute atomic E-state index is 11.7. The molecule has 2 aliphatic heterocycles. The number of hydrogen-bond acceptors (Lipinski definition) is 5. The quantitative estimate of drug-likeness (QED) is 0.762. The van der Waals surface area contributed by atoms with E-state index in [2.05, 4.69) is 56.9 Å². The third kappa shape index (κ3) is 4.24. The van der Waals surface area contributed by atoms with E-state index in [1.165, 1.54) is 10.6 Å². The van der Waals surface area contributed by atoms with Crippen LogP contribution in [0.25, 0.3) is 0 Å². The van der Waals surface area contributed by atoms with E-state index in [1.54, 1.807) is 14.1 Å². The van der Waals surface area contributed by atoms with Crippen molar-refractivity contribution in [1.82, 2.24) is 4.90 Å². The third-order valence-corrected chi connectivity index (χ3v) is 5.86. The summed E-state index contributed by atoms with van der Waals surface area (Å²) in [5.41, 5.74) is 1.55. The molecule has 0 radical (unpaired) electrons. The highest BCUT2D eigenvalue weighted by Crippen LogP contribution is 2.36. The van der Waals surface area contributed by atoms with Crippen molar-refractivity contribution in [3.8, 4) is 0 Å². The van der Waals surface area contributed by atoms with Crippen LogP contribution in [0.1, 0.15) is 40.5 Å². The lowest BCUT2D eigenvalue weighted by atomic mass is 9.79. The number of anilines is 1. The van der Waals surface area contributed by atoms with Crippen LogP contribution < -0.4 is 10.4 Å². The maximum atomic E-state index is 11.7. The van der Waals surface area contributed by atoms with Gasteiger partial charge in [0.25, 0.3) is 0 Å². The summed E-state index contributed by atoms with van der Waals surface area (Å²) in [5, 5.41) is 0. The van der Waals surface area contributed by atoms with Gasteiger partial charge in [-0.3, -0.25) is 0 Å². The van der Waals surface area contributed by atoms with E-state index < -0.39 is 0 Å². The first-order valence-electron chi connectivity index (χ1n) is 9.67. The van der Waals surface area contributed by atoms with Crippen LogP contribution in [0, 0.1) is 0 Å². The van der Waals surface area contributed by atoms with Gasteiger partial charge in [0.2, 0.25) is 0 Å². The molecule has 2 heterocycles. The summed E-state index contributed by atoms with van der Waals surface area (Å²) < 4.78 is 17.7. The van der Waals surface area contributed by atoms with Gasteiger partial charge in [-0.1, -0.05) is 12.1 Å². The number of nitrogens with zero attached hydrogens (tertiary/aromatic N) is 2. The molecule has 6 nitrogen and oxygen atoms in total. The Kier molecular flexibility index (Phi) is 5.46. The third-order valence-electron chi connectivity index (χ3n) is 5.86. The molecule has 0 aromatic heterocycles. The predicted octanol–water partition coefficient (Wildman–Crippen LogP) is 2.65. The largest absolute Gasteiger partial charge is 0.494 e. The van der Waals surface area contributed by atoms with Crippen molar-refractivity contribution in [3.63, 3.8) is 0 Å². The molecule has 148 valence electrons. The van der Waals surface area contributed by atoms with Crippen LogP contribution in [0.3, 0.4) is 0 Å². The molecule has 0 atom stereocenters. The minimum Gasteiger partial charge on any atom is -0.446 e. The van der Waals surface area contributed by atoms with Gasteiger partial charge in [0.15, 0.2) is 0 Å². The normalized spacial score (nSPS) is 22.0. The molecular weight excluding hydrogens is 343 g/mol. The Balaban J connectivity index is 1.57. The standard InChI is InChI=1S/C20H31BN2O4/c1-19(2)20(3,4)27-21(26-19)15-7-9-16(10-8-15)23-13-11-17(12-14-23)25-18(24)22(5)6/h7-10,17H,11-14H2,1-6H3. The van der Waals surface area contributed by atoms with E-state index in [4.69, 9.17) is 14.0 Å². The molecule has 2 aliphatic rings. The van der Waals surface area contributed by atoms with E-state index in [-0.39, 0.29) is 30.5 Å². The predicted molar refractivity (Wildman–Crippen MR) is 108 cm³/mol.